The van der Waals surface area contributed by atoms with Gasteiger partial charge < -0.3 is 19.7 Å². The second-order valence-electron chi connectivity index (χ2n) is 6.48. The Morgan fingerprint density at radius 1 is 1.03 bits per heavy atom. The summed E-state index contributed by atoms with van der Waals surface area (Å²) in [5, 5.41) is 2.49. The first-order valence-corrected chi connectivity index (χ1v) is 8.83. The van der Waals surface area contributed by atoms with Crippen LogP contribution in [-0.2, 0) is 0 Å². The summed E-state index contributed by atoms with van der Waals surface area (Å²) in [7, 11) is 2.95. The van der Waals surface area contributed by atoms with Crippen molar-refractivity contribution in [3.05, 3.63) is 47.3 Å². The van der Waals surface area contributed by atoms with Crippen LogP contribution in [0.4, 0.5) is 23.2 Å². The zero-order valence-corrected chi connectivity index (χ0v) is 15.8. The number of anilines is 1. The van der Waals surface area contributed by atoms with Gasteiger partial charge in [0.05, 0.1) is 14.2 Å². The number of aromatic nitrogens is 1. The van der Waals surface area contributed by atoms with Gasteiger partial charge in [0.1, 0.15) is 5.69 Å². The van der Waals surface area contributed by atoms with E-state index in [0.717, 1.165) is 0 Å². The predicted octanol–water partition coefficient (Wildman–Crippen LogP) is 3.37. The van der Waals surface area contributed by atoms with Crippen molar-refractivity contribution in [1.82, 2.24) is 9.88 Å². The Morgan fingerprint density at radius 2 is 1.62 bits per heavy atom. The lowest BCUT2D eigenvalue weighted by Crippen LogP contribution is -2.42. The highest BCUT2D eigenvalue weighted by atomic mass is 19.2. The molecule has 2 heterocycles. The van der Waals surface area contributed by atoms with Crippen LogP contribution < -0.4 is 14.8 Å². The van der Waals surface area contributed by atoms with Crippen LogP contribution in [0.1, 0.15) is 23.2 Å². The third-order valence-corrected chi connectivity index (χ3v) is 4.76. The van der Waals surface area contributed by atoms with Gasteiger partial charge >= 0.3 is 0 Å². The van der Waals surface area contributed by atoms with Crippen molar-refractivity contribution < 1.29 is 31.8 Å². The number of nitrogens with zero attached hydrogens (tertiary/aromatic N) is 2. The molecule has 1 amide bonds. The maximum absolute atomic E-state index is 13.8. The lowest BCUT2D eigenvalue weighted by Gasteiger charge is -2.33. The van der Waals surface area contributed by atoms with E-state index in [4.69, 9.17) is 9.47 Å². The van der Waals surface area contributed by atoms with E-state index in [2.05, 4.69) is 10.3 Å². The van der Waals surface area contributed by atoms with Crippen molar-refractivity contribution in [3.8, 4) is 11.5 Å². The highest BCUT2D eigenvalue weighted by molar-refractivity contribution is 5.95. The molecule has 0 bridgehead atoms. The van der Waals surface area contributed by atoms with Crippen molar-refractivity contribution in [2.45, 2.75) is 18.9 Å². The van der Waals surface area contributed by atoms with Gasteiger partial charge in [-0.2, -0.15) is 22.5 Å². The van der Waals surface area contributed by atoms with E-state index in [1.165, 1.54) is 14.2 Å². The number of likely N-dealkylation sites (tertiary alicyclic amines) is 1. The zero-order valence-electron chi connectivity index (χ0n) is 15.8. The monoisotopic (exact) mass is 413 g/mol. The third-order valence-electron chi connectivity index (χ3n) is 4.76. The SMILES string of the molecule is COc1ccc(C(=O)N2CCC(Nc3c(F)c(F)nc(F)c3F)CC2)cc1OC. The Kier molecular flexibility index (Phi) is 6.09. The third kappa shape index (κ3) is 4.20. The summed E-state index contributed by atoms with van der Waals surface area (Å²) in [5.41, 5.74) is -0.482. The molecule has 0 atom stereocenters. The molecule has 0 aliphatic carbocycles. The van der Waals surface area contributed by atoms with Crippen LogP contribution in [-0.4, -0.2) is 49.1 Å². The van der Waals surface area contributed by atoms with E-state index in [-0.39, 0.29) is 5.91 Å². The van der Waals surface area contributed by atoms with E-state index in [9.17, 15) is 22.4 Å². The van der Waals surface area contributed by atoms with Gasteiger partial charge in [0, 0.05) is 24.7 Å². The van der Waals surface area contributed by atoms with Crippen LogP contribution in [0.2, 0.25) is 0 Å². The van der Waals surface area contributed by atoms with E-state index in [1.807, 2.05) is 0 Å². The van der Waals surface area contributed by atoms with Crippen molar-refractivity contribution in [2.75, 3.05) is 32.6 Å². The average molecular weight is 413 g/mol. The van der Waals surface area contributed by atoms with Gasteiger partial charge in [0.25, 0.3) is 17.8 Å². The number of piperidine rings is 1. The number of benzene rings is 1. The van der Waals surface area contributed by atoms with Gasteiger partial charge in [-0.05, 0) is 31.0 Å². The molecule has 2 aromatic rings. The Bertz CT molecular complexity index is 892. The van der Waals surface area contributed by atoms with Gasteiger partial charge in [-0.15, -0.1) is 0 Å². The molecular formula is C19H19F4N3O3. The van der Waals surface area contributed by atoms with Crippen LogP contribution in [0.25, 0.3) is 0 Å². The summed E-state index contributed by atoms with van der Waals surface area (Å²) in [5.74, 6) is -5.90. The Morgan fingerprint density at radius 3 is 2.17 bits per heavy atom. The number of halogens is 4. The normalized spacial score (nSPS) is 14.6. The Hall–Kier alpha value is -3.04. The Balaban J connectivity index is 1.66. The molecule has 1 aliphatic rings. The van der Waals surface area contributed by atoms with Crippen LogP contribution in [0, 0.1) is 23.5 Å². The highest BCUT2D eigenvalue weighted by Gasteiger charge is 2.27. The van der Waals surface area contributed by atoms with Crippen molar-refractivity contribution in [1.29, 1.82) is 0 Å². The number of ether oxygens (including phenoxy) is 2. The number of carbonyl (C=O) groups excluding carboxylic acids is 1. The molecule has 0 spiro atoms. The number of pyridine rings is 1. The molecular weight excluding hydrogens is 394 g/mol. The summed E-state index contributed by atoms with van der Waals surface area (Å²) >= 11 is 0. The summed E-state index contributed by atoms with van der Waals surface area (Å²) in [4.78, 5) is 16.8. The molecule has 156 valence electrons. The van der Waals surface area contributed by atoms with Crippen molar-refractivity contribution in [2.24, 2.45) is 0 Å². The van der Waals surface area contributed by atoms with Gasteiger partial charge in [-0.25, -0.2) is 0 Å². The van der Waals surface area contributed by atoms with Crippen molar-refractivity contribution in [3.63, 3.8) is 0 Å². The van der Waals surface area contributed by atoms with Gasteiger partial charge in [0.15, 0.2) is 11.5 Å². The molecule has 1 N–H and O–H groups in total. The smallest absolute Gasteiger partial charge is 0.253 e. The van der Waals surface area contributed by atoms with Crippen LogP contribution >= 0.6 is 0 Å². The Labute approximate surface area is 164 Å². The van der Waals surface area contributed by atoms with E-state index in [0.29, 0.717) is 43.0 Å². The fourth-order valence-electron chi connectivity index (χ4n) is 3.20. The molecule has 1 aromatic carbocycles. The van der Waals surface area contributed by atoms with Crippen LogP contribution in [0.5, 0.6) is 11.5 Å². The van der Waals surface area contributed by atoms with Crippen LogP contribution in [0.15, 0.2) is 18.2 Å². The van der Waals surface area contributed by atoms with E-state index in [1.54, 1.807) is 23.1 Å². The molecule has 0 unspecified atom stereocenters. The number of methoxy groups -OCH3 is 2. The summed E-state index contributed by atoms with van der Waals surface area (Å²) in [6.07, 6.45) is 0.674. The fraction of sp³-hybridized carbons (Fsp3) is 0.368. The average Bonchev–Trinajstić information content (AvgIpc) is 2.74. The van der Waals surface area contributed by atoms with E-state index >= 15 is 0 Å². The minimum atomic E-state index is -1.72. The molecule has 0 saturated carbocycles. The van der Waals surface area contributed by atoms with Gasteiger partial charge in [-0.1, -0.05) is 0 Å². The first-order chi connectivity index (χ1) is 13.8. The maximum atomic E-state index is 13.8. The molecule has 10 heteroatoms. The maximum Gasteiger partial charge on any atom is 0.253 e. The number of carbonyl (C=O) groups is 1. The summed E-state index contributed by atoms with van der Waals surface area (Å²) in [6, 6.07) is 4.34. The quantitative estimate of drug-likeness (QED) is 0.602. The second-order valence-corrected chi connectivity index (χ2v) is 6.48. The summed E-state index contributed by atoms with van der Waals surface area (Å²) < 4.78 is 64.4. The van der Waals surface area contributed by atoms with Gasteiger partial charge in [-0.3, -0.25) is 4.79 Å². The standard InChI is InChI=1S/C19H19F4N3O3/c1-28-12-4-3-10(9-13(12)29-2)19(27)26-7-5-11(6-8-26)24-16-14(20)17(22)25-18(23)15(16)21/h3-4,9,11H,5-8H2,1-2H3,(H,24,25). The molecule has 3 rings (SSSR count). The van der Waals surface area contributed by atoms with E-state index < -0.39 is 35.3 Å². The minimum absolute atomic E-state index is 0.234. The molecule has 1 aromatic heterocycles. The molecule has 1 aliphatic heterocycles. The minimum Gasteiger partial charge on any atom is -0.493 e. The molecule has 1 saturated heterocycles. The molecule has 29 heavy (non-hydrogen) atoms. The summed E-state index contributed by atoms with van der Waals surface area (Å²) in [6.45, 7) is 0.592. The lowest BCUT2D eigenvalue weighted by molar-refractivity contribution is 0.0718. The largest absolute Gasteiger partial charge is 0.493 e. The predicted molar refractivity (Wildman–Crippen MR) is 96.2 cm³/mol. The second kappa shape index (κ2) is 8.54. The number of rotatable bonds is 5. The fourth-order valence-corrected chi connectivity index (χ4v) is 3.20. The van der Waals surface area contributed by atoms with Crippen LogP contribution in [0.3, 0.4) is 0 Å². The number of hydrogen-bond donors (Lipinski definition) is 1. The number of amides is 1. The molecule has 1 fully saturated rings. The topological polar surface area (TPSA) is 63.7 Å². The first kappa shape index (κ1) is 20.7. The molecule has 0 radical (unpaired) electrons. The lowest BCUT2D eigenvalue weighted by atomic mass is 10.0. The zero-order chi connectivity index (χ0) is 21.1. The highest BCUT2D eigenvalue weighted by Crippen LogP contribution is 2.29. The number of hydrogen-bond acceptors (Lipinski definition) is 5. The number of nitrogens with one attached hydrogen (secondary N) is 1. The first-order valence-electron chi connectivity index (χ1n) is 8.83. The molecule has 6 nitrogen and oxygen atoms in total. The van der Waals surface area contributed by atoms with Gasteiger partial charge in [0.2, 0.25) is 11.6 Å². The van der Waals surface area contributed by atoms with Crippen molar-refractivity contribution >= 4 is 11.6 Å².